The summed E-state index contributed by atoms with van der Waals surface area (Å²) in [6, 6.07) is 16.7. The number of nitrogens with zero attached hydrogens (tertiary/aromatic N) is 2. The third-order valence-corrected chi connectivity index (χ3v) is 6.98. The van der Waals surface area contributed by atoms with Gasteiger partial charge in [0.05, 0.1) is 42.1 Å². The number of aromatic nitrogens is 1. The molecule has 2 aromatic carbocycles. The predicted molar refractivity (Wildman–Crippen MR) is 113 cm³/mol. The average molecular weight is 399 g/mol. The summed E-state index contributed by atoms with van der Waals surface area (Å²) in [6.45, 7) is 6.71. The number of rotatable bonds is 5. The van der Waals surface area contributed by atoms with E-state index < -0.39 is 0 Å². The van der Waals surface area contributed by atoms with Crippen LogP contribution in [0.2, 0.25) is 0 Å². The van der Waals surface area contributed by atoms with Gasteiger partial charge in [-0.25, -0.2) is 4.98 Å². The Morgan fingerprint density at radius 2 is 1.89 bits per heavy atom. The molecule has 6 heteroatoms. The third kappa shape index (κ3) is 4.69. The van der Waals surface area contributed by atoms with Gasteiger partial charge in [0, 0.05) is 4.90 Å². The highest BCUT2D eigenvalue weighted by atomic mass is 32.2. The van der Waals surface area contributed by atoms with Crippen LogP contribution in [0.15, 0.2) is 53.4 Å². The normalized spacial score (nSPS) is 15.4. The van der Waals surface area contributed by atoms with Gasteiger partial charge in [-0.15, -0.1) is 23.1 Å². The van der Waals surface area contributed by atoms with E-state index >= 15 is 0 Å². The maximum absolute atomic E-state index is 12.5. The molecule has 1 aliphatic rings. The number of quaternary nitrogens is 1. The smallest absolute Gasteiger partial charge is 0.233 e. The van der Waals surface area contributed by atoms with Gasteiger partial charge in [0.25, 0.3) is 0 Å². The molecule has 1 amide bonds. The number of hydrogen-bond acceptors (Lipinski definition) is 4. The van der Waals surface area contributed by atoms with Crippen LogP contribution in [-0.4, -0.2) is 47.7 Å². The Hall–Kier alpha value is -1.89. The molecule has 0 radical (unpaired) electrons. The van der Waals surface area contributed by atoms with Crippen LogP contribution < -0.4 is 4.90 Å². The zero-order valence-electron chi connectivity index (χ0n) is 15.5. The molecule has 0 atom stereocenters. The molecule has 140 valence electrons. The minimum Gasteiger partial charge on any atom is -0.331 e. The second kappa shape index (κ2) is 8.42. The van der Waals surface area contributed by atoms with Crippen molar-refractivity contribution < 1.29 is 9.69 Å². The van der Waals surface area contributed by atoms with Crippen LogP contribution in [0.4, 0.5) is 0 Å². The van der Waals surface area contributed by atoms with Crippen molar-refractivity contribution in [1.29, 1.82) is 0 Å². The van der Waals surface area contributed by atoms with Gasteiger partial charge >= 0.3 is 0 Å². The van der Waals surface area contributed by atoms with Crippen molar-refractivity contribution in [2.24, 2.45) is 0 Å². The number of thiazole rings is 1. The van der Waals surface area contributed by atoms with Crippen molar-refractivity contribution in [3.05, 3.63) is 59.1 Å². The summed E-state index contributed by atoms with van der Waals surface area (Å²) in [5.74, 6) is 0.774. The van der Waals surface area contributed by atoms with Gasteiger partial charge in [-0.05, 0) is 31.2 Å². The minimum atomic E-state index is 0.250. The Morgan fingerprint density at radius 3 is 2.63 bits per heavy atom. The fourth-order valence-corrected chi connectivity index (χ4v) is 5.17. The summed E-state index contributed by atoms with van der Waals surface area (Å²) in [5.41, 5.74) is 2.34. The van der Waals surface area contributed by atoms with Gasteiger partial charge in [0.2, 0.25) is 5.91 Å². The van der Waals surface area contributed by atoms with Crippen LogP contribution >= 0.6 is 23.1 Å². The lowest BCUT2D eigenvalue weighted by Crippen LogP contribution is -3.13. The fraction of sp³-hybridized carbons (Fsp3) is 0.333. The SMILES string of the molecule is Cc1ccc(SCC(=O)N2CC[NH+](Cc3nc4ccccc4s3)CC2)cc1. The lowest BCUT2D eigenvalue weighted by molar-refractivity contribution is -0.917. The van der Waals surface area contributed by atoms with E-state index in [0.29, 0.717) is 5.75 Å². The summed E-state index contributed by atoms with van der Waals surface area (Å²) in [5, 5.41) is 1.20. The molecule has 1 aromatic heterocycles. The highest BCUT2D eigenvalue weighted by Crippen LogP contribution is 2.21. The van der Waals surface area contributed by atoms with Crippen LogP contribution in [0.5, 0.6) is 0 Å². The lowest BCUT2D eigenvalue weighted by Gasteiger charge is -2.31. The molecule has 4 nitrogen and oxygen atoms in total. The van der Waals surface area contributed by atoms with Gasteiger partial charge in [-0.2, -0.15) is 0 Å². The molecular formula is C21H24N3OS2+. The first-order valence-electron chi connectivity index (χ1n) is 9.32. The quantitative estimate of drug-likeness (QED) is 0.672. The zero-order chi connectivity index (χ0) is 18.6. The highest BCUT2D eigenvalue weighted by molar-refractivity contribution is 8.00. The fourth-order valence-electron chi connectivity index (χ4n) is 3.33. The number of piperazine rings is 1. The van der Waals surface area contributed by atoms with Gasteiger partial charge in [0.1, 0.15) is 11.6 Å². The van der Waals surface area contributed by atoms with Crippen LogP contribution in [0.3, 0.4) is 0 Å². The van der Waals surface area contributed by atoms with Crippen LogP contribution in [-0.2, 0) is 11.3 Å². The molecule has 4 rings (SSSR count). The van der Waals surface area contributed by atoms with Gasteiger partial charge < -0.3 is 9.80 Å². The summed E-state index contributed by atoms with van der Waals surface area (Å²) in [6.07, 6.45) is 0. The van der Waals surface area contributed by atoms with Crippen LogP contribution in [0.25, 0.3) is 10.2 Å². The van der Waals surface area contributed by atoms with Gasteiger partial charge in [-0.1, -0.05) is 29.8 Å². The molecule has 1 saturated heterocycles. The number of amides is 1. The number of carbonyl (C=O) groups is 1. The number of benzene rings is 2. The number of thioether (sulfide) groups is 1. The van der Waals surface area contributed by atoms with E-state index in [-0.39, 0.29) is 5.91 Å². The van der Waals surface area contributed by atoms with E-state index in [0.717, 1.165) is 43.1 Å². The topological polar surface area (TPSA) is 37.6 Å². The summed E-state index contributed by atoms with van der Waals surface area (Å²) in [4.78, 5) is 21.9. The first kappa shape index (κ1) is 18.5. The molecule has 0 bridgehead atoms. The summed E-state index contributed by atoms with van der Waals surface area (Å²) < 4.78 is 1.26. The second-order valence-corrected chi connectivity index (χ2v) is 9.15. The summed E-state index contributed by atoms with van der Waals surface area (Å²) in [7, 11) is 0. The molecule has 1 aliphatic heterocycles. The molecule has 3 aromatic rings. The van der Waals surface area contributed by atoms with E-state index in [1.165, 1.54) is 20.2 Å². The van der Waals surface area contributed by atoms with E-state index in [2.05, 4.69) is 49.4 Å². The van der Waals surface area contributed by atoms with Crippen molar-refractivity contribution in [1.82, 2.24) is 9.88 Å². The molecule has 0 aliphatic carbocycles. The number of nitrogens with one attached hydrogen (secondary N) is 1. The number of hydrogen-bond donors (Lipinski definition) is 1. The van der Waals surface area contributed by atoms with Gasteiger partial charge in [-0.3, -0.25) is 4.79 Å². The number of para-hydroxylation sites is 1. The first-order valence-corrected chi connectivity index (χ1v) is 11.1. The molecular weight excluding hydrogens is 374 g/mol. The number of fused-ring (bicyclic) bond motifs is 1. The Bertz CT molecular complexity index is 882. The standard InChI is InChI=1S/C21H23N3OS2/c1-16-6-8-17(9-7-16)26-15-21(25)24-12-10-23(11-13-24)14-20-22-18-4-2-3-5-19(18)27-20/h2-9H,10-15H2,1H3/p+1. The second-order valence-electron chi connectivity index (χ2n) is 6.98. The Morgan fingerprint density at radius 1 is 1.15 bits per heavy atom. The monoisotopic (exact) mass is 398 g/mol. The molecule has 27 heavy (non-hydrogen) atoms. The Kier molecular flexibility index (Phi) is 5.76. The van der Waals surface area contributed by atoms with Crippen molar-refractivity contribution in [3.8, 4) is 0 Å². The van der Waals surface area contributed by atoms with E-state index in [1.54, 1.807) is 23.1 Å². The van der Waals surface area contributed by atoms with Gasteiger partial charge in [0.15, 0.2) is 0 Å². The van der Waals surface area contributed by atoms with Crippen LogP contribution in [0.1, 0.15) is 10.6 Å². The average Bonchev–Trinajstić information content (AvgIpc) is 3.10. The largest absolute Gasteiger partial charge is 0.331 e. The number of aryl methyl sites for hydroxylation is 1. The molecule has 0 spiro atoms. The molecule has 2 heterocycles. The van der Waals surface area contributed by atoms with Crippen molar-refractivity contribution in [2.45, 2.75) is 18.4 Å². The third-order valence-electron chi connectivity index (χ3n) is 4.95. The molecule has 1 fully saturated rings. The maximum Gasteiger partial charge on any atom is 0.233 e. The lowest BCUT2D eigenvalue weighted by atomic mass is 10.2. The zero-order valence-corrected chi connectivity index (χ0v) is 17.1. The highest BCUT2D eigenvalue weighted by Gasteiger charge is 2.24. The Labute approximate surface area is 168 Å². The Balaban J connectivity index is 1.25. The summed E-state index contributed by atoms with van der Waals surface area (Å²) >= 11 is 3.42. The predicted octanol–water partition coefficient (Wildman–Crippen LogP) is 2.62. The molecule has 0 unspecified atom stereocenters. The van der Waals surface area contributed by atoms with Crippen molar-refractivity contribution in [2.75, 3.05) is 31.9 Å². The van der Waals surface area contributed by atoms with Crippen molar-refractivity contribution in [3.63, 3.8) is 0 Å². The van der Waals surface area contributed by atoms with E-state index in [4.69, 9.17) is 4.98 Å². The first-order chi connectivity index (χ1) is 13.2. The van der Waals surface area contributed by atoms with E-state index in [9.17, 15) is 4.79 Å². The number of carbonyl (C=O) groups excluding carboxylic acids is 1. The van der Waals surface area contributed by atoms with Crippen LogP contribution in [0, 0.1) is 6.92 Å². The van der Waals surface area contributed by atoms with Crippen molar-refractivity contribution >= 4 is 39.2 Å². The minimum absolute atomic E-state index is 0.250. The maximum atomic E-state index is 12.5. The molecule has 1 N–H and O–H groups in total. The molecule has 0 saturated carbocycles. The van der Waals surface area contributed by atoms with E-state index in [1.807, 2.05) is 11.0 Å².